The average molecular weight is 380 g/mol. The Morgan fingerprint density at radius 1 is 1.07 bits per heavy atom. The molecule has 0 aliphatic carbocycles. The van der Waals surface area contributed by atoms with E-state index >= 15 is 0 Å². The van der Waals surface area contributed by atoms with Crippen molar-refractivity contribution < 1.29 is 19.3 Å². The number of rotatable bonds is 5. The number of nitrogens with one attached hydrogen (secondary N) is 1. The smallest absolute Gasteiger partial charge is 0.289 e. The zero-order valence-corrected chi connectivity index (χ0v) is 14.6. The summed E-state index contributed by atoms with van der Waals surface area (Å²) in [6, 6.07) is 12.5. The van der Waals surface area contributed by atoms with E-state index in [2.05, 4.69) is 5.32 Å². The van der Waals surface area contributed by atoms with E-state index in [1.54, 1.807) is 36.4 Å². The van der Waals surface area contributed by atoms with E-state index in [1.807, 2.05) is 0 Å². The van der Waals surface area contributed by atoms with Crippen molar-refractivity contribution in [3.05, 3.63) is 86.3 Å². The maximum Gasteiger partial charge on any atom is 0.290 e. The molecule has 134 valence electrons. The number of amides is 2. The number of benzene rings is 2. The molecule has 1 heterocycles. The van der Waals surface area contributed by atoms with Crippen molar-refractivity contribution in [1.29, 1.82) is 0 Å². The van der Waals surface area contributed by atoms with E-state index in [1.165, 1.54) is 30.3 Å². The minimum atomic E-state index is -0.551. The summed E-state index contributed by atoms with van der Waals surface area (Å²) >= 11 is 0.843. The Hall–Kier alpha value is -3.52. The predicted molar refractivity (Wildman–Crippen MR) is 102 cm³/mol. The molecule has 0 unspecified atom stereocenters. The van der Waals surface area contributed by atoms with Crippen molar-refractivity contribution in [2.45, 2.75) is 0 Å². The minimum Gasteiger partial charge on any atom is -0.289 e. The largest absolute Gasteiger partial charge is 0.290 e. The number of allylic oxidation sites excluding steroid dienone is 1. The molecule has 27 heavy (non-hydrogen) atoms. The highest BCUT2D eigenvalue weighted by atomic mass is 32.2. The van der Waals surface area contributed by atoms with Crippen LogP contribution in [0.15, 0.2) is 59.5 Å². The lowest BCUT2D eigenvalue weighted by Crippen LogP contribution is -2.17. The molecule has 0 radical (unpaired) electrons. The summed E-state index contributed by atoms with van der Waals surface area (Å²) in [5.74, 6) is -0.765. The van der Waals surface area contributed by atoms with Gasteiger partial charge in [0, 0.05) is 17.7 Å². The molecule has 1 N–H and O–H groups in total. The third-order valence-corrected chi connectivity index (χ3v) is 4.46. The Morgan fingerprint density at radius 3 is 2.41 bits per heavy atom. The molecule has 8 heteroatoms. The Bertz CT molecular complexity index is 1010. The molecular formula is C19H12N2O5S. The van der Waals surface area contributed by atoms with Gasteiger partial charge in [0.25, 0.3) is 16.8 Å². The van der Waals surface area contributed by atoms with Gasteiger partial charge in [-0.3, -0.25) is 29.8 Å². The molecule has 2 aromatic rings. The van der Waals surface area contributed by atoms with Crippen molar-refractivity contribution in [2.24, 2.45) is 0 Å². The molecule has 1 fully saturated rings. The van der Waals surface area contributed by atoms with Gasteiger partial charge >= 0.3 is 0 Å². The molecule has 0 bridgehead atoms. The first-order valence-corrected chi connectivity index (χ1v) is 8.56. The van der Waals surface area contributed by atoms with Crippen LogP contribution in [0.4, 0.5) is 10.5 Å². The molecule has 1 aliphatic rings. The van der Waals surface area contributed by atoms with Crippen molar-refractivity contribution in [3.8, 4) is 0 Å². The normalized spacial score (nSPS) is 15.3. The highest BCUT2D eigenvalue weighted by Crippen LogP contribution is 2.25. The van der Waals surface area contributed by atoms with Crippen LogP contribution in [0.2, 0.25) is 0 Å². The van der Waals surface area contributed by atoms with Gasteiger partial charge in [0.1, 0.15) is 0 Å². The van der Waals surface area contributed by atoms with Gasteiger partial charge in [0.2, 0.25) is 0 Å². The molecule has 2 amide bonds. The SMILES string of the molecule is O=C1NC(=O)/C(=C/c2ccc(/C=C/C(=O)c3cccc([N+](=O)[O-])c3)cc2)S1. The quantitative estimate of drug-likeness (QED) is 0.366. The van der Waals surface area contributed by atoms with E-state index < -0.39 is 16.1 Å². The summed E-state index contributed by atoms with van der Waals surface area (Å²) in [6.45, 7) is 0. The molecule has 0 spiro atoms. The van der Waals surface area contributed by atoms with Gasteiger partial charge in [-0.15, -0.1) is 0 Å². The van der Waals surface area contributed by atoms with E-state index in [0.29, 0.717) is 4.91 Å². The van der Waals surface area contributed by atoms with Gasteiger partial charge in [0.05, 0.1) is 9.83 Å². The van der Waals surface area contributed by atoms with Gasteiger partial charge in [0.15, 0.2) is 5.78 Å². The van der Waals surface area contributed by atoms with Crippen LogP contribution in [0.5, 0.6) is 0 Å². The number of carbonyl (C=O) groups excluding carboxylic acids is 3. The van der Waals surface area contributed by atoms with Crippen molar-refractivity contribution >= 4 is 46.5 Å². The third-order valence-electron chi connectivity index (χ3n) is 3.64. The molecule has 0 atom stereocenters. The molecular weight excluding hydrogens is 368 g/mol. The first-order valence-electron chi connectivity index (χ1n) is 7.74. The first kappa shape index (κ1) is 18.3. The van der Waals surface area contributed by atoms with E-state index in [4.69, 9.17) is 0 Å². The molecule has 1 aliphatic heterocycles. The van der Waals surface area contributed by atoms with Gasteiger partial charge < -0.3 is 0 Å². The van der Waals surface area contributed by atoms with Crippen LogP contribution in [0.3, 0.4) is 0 Å². The van der Waals surface area contributed by atoms with E-state index in [9.17, 15) is 24.5 Å². The monoisotopic (exact) mass is 380 g/mol. The average Bonchev–Trinajstić information content (AvgIpc) is 2.98. The lowest BCUT2D eigenvalue weighted by Gasteiger charge is -1.98. The highest BCUT2D eigenvalue weighted by Gasteiger charge is 2.24. The summed E-state index contributed by atoms with van der Waals surface area (Å²) in [7, 11) is 0. The zero-order valence-electron chi connectivity index (χ0n) is 13.7. The number of carbonyl (C=O) groups is 3. The fraction of sp³-hybridized carbons (Fsp3) is 0. The molecule has 0 saturated carbocycles. The van der Waals surface area contributed by atoms with Crippen LogP contribution in [0.1, 0.15) is 21.5 Å². The predicted octanol–water partition coefficient (Wildman–Crippen LogP) is 3.81. The fourth-order valence-corrected chi connectivity index (χ4v) is 3.00. The van der Waals surface area contributed by atoms with Crippen LogP contribution in [0.25, 0.3) is 12.2 Å². The maximum absolute atomic E-state index is 12.2. The van der Waals surface area contributed by atoms with Crippen molar-refractivity contribution in [1.82, 2.24) is 5.32 Å². The number of nitrogens with zero attached hydrogens (tertiary/aromatic N) is 1. The lowest BCUT2D eigenvalue weighted by molar-refractivity contribution is -0.384. The third kappa shape index (κ3) is 4.56. The lowest BCUT2D eigenvalue weighted by atomic mass is 10.1. The summed E-state index contributed by atoms with van der Waals surface area (Å²) in [5.41, 5.74) is 1.58. The van der Waals surface area contributed by atoms with Gasteiger partial charge in [-0.25, -0.2) is 0 Å². The second-order valence-electron chi connectivity index (χ2n) is 5.52. The fourth-order valence-electron chi connectivity index (χ4n) is 2.32. The number of ketones is 1. The molecule has 0 aromatic heterocycles. The topological polar surface area (TPSA) is 106 Å². The van der Waals surface area contributed by atoms with Crippen LogP contribution < -0.4 is 5.32 Å². The second kappa shape index (κ2) is 7.79. The molecule has 7 nitrogen and oxygen atoms in total. The summed E-state index contributed by atoms with van der Waals surface area (Å²) in [4.78, 5) is 45.4. The number of non-ortho nitro benzene ring substituents is 1. The minimum absolute atomic E-state index is 0.140. The number of nitro benzene ring substituents is 1. The number of hydrogen-bond donors (Lipinski definition) is 1. The first-order chi connectivity index (χ1) is 12.9. The second-order valence-corrected chi connectivity index (χ2v) is 6.54. The van der Waals surface area contributed by atoms with Crippen LogP contribution in [-0.4, -0.2) is 21.9 Å². The van der Waals surface area contributed by atoms with Crippen LogP contribution in [0, 0.1) is 10.1 Å². The Morgan fingerprint density at radius 2 is 1.78 bits per heavy atom. The molecule has 3 rings (SSSR count). The molecule has 2 aromatic carbocycles. The van der Waals surface area contributed by atoms with Gasteiger partial charge in [-0.05, 0) is 35.0 Å². The van der Waals surface area contributed by atoms with E-state index in [-0.39, 0.29) is 17.0 Å². The summed E-state index contributed by atoms with van der Waals surface area (Å²) in [6.07, 6.45) is 4.54. The van der Waals surface area contributed by atoms with Crippen molar-refractivity contribution in [2.75, 3.05) is 0 Å². The standard InChI is InChI=1S/C19H12N2O5S/c22-16(14-2-1-3-15(11-14)21(25)26)9-8-12-4-6-13(7-5-12)10-17-18(23)20-19(24)27-17/h1-11H,(H,20,23,24)/b9-8+,17-10-. The van der Waals surface area contributed by atoms with Gasteiger partial charge in [-0.1, -0.05) is 42.5 Å². The zero-order chi connectivity index (χ0) is 19.4. The van der Waals surface area contributed by atoms with E-state index in [0.717, 1.165) is 22.9 Å². The number of nitro groups is 1. The van der Waals surface area contributed by atoms with Gasteiger partial charge in [-0.2, -0.15) is 0 Å². The maximum atomic E-state index is 12.2. The Kier molecular flexibility index (Phi) is 5.28. The number of hydrogen-bond acceptors (Lipinski definition) is 6. The highest BCUT2D eigenvalue weighted by molar-refractivity contribution is 8.18. The van der Waals surface area contributed by atoms with Crippen LogP contribution >= 0.6 is 11.8 Å². The Labute approximate surface area is 157 Å². The molecule has 1 saturated heterocycles. The van der Waals surface area contributed by atoms with Crippen molar-refractivity contribution in [3.63, 3.8) is 0 Å². The van der Waals surface area contributed by atoms with Crippen LogP contribution in [-0.2, 0) is 4.79 Å². The Balaban J connectivity index is 1.71. The number of imide groups is 1. The summed E-state index contributed by atoms with van der Waals surface area (Å²) < 4.78 is 0. The summed E-state index contributed by atoms with van der Waals surface area (Å²) in [5, 5.41) is 12.6. The number of thioether (sulfide) groups is 1.